The van der Waals surface area contributed by atoms with Crippen LogP contribution in [-0.2, 0) is 30.1 Å². The molecule has 0 fully saturated rings. The first-order valence-electron chi connectivity index (χ1n) is 14.5. The summed E-state index contributed by atoms with van der Waals surface area (Å²) in [4.78, 5) is 28.2. The summed E-state index contributed by atoms with van der Waals surface area (Å²) in [6.45, 7) is 8.40. The number of nitrogens with zero attached hydrogens (tertiary/aromatic N) is 4. The summed E-state index contributed by atoms with van der Waals surface area (Å²) >= 11 is 0. The van der Waals surface area contributed by atoms with Gasteiger partial charge in [0.15, 0.2) is 0 Å². The summed E-state index contributed by atoms with van der Waals surface area (Å²) in [5, 5.41) is 3.25. The number of benzene rings is 2. The minimum absolute atomic E-state index is 0.0210. The Morgan fingerprint density at radius 2 is 1.34 bits per heavy atom. The van der Waals surface area contributed by atoms with E-state index < -0.39 is 0 Å². The third-order valence-corrected chi connectivity index (χ3v) is 7.52. The summed E-state index contributed by atoms with van der Waals surface area (Å²) in [7, 11) is 6.90. The molecule has 0 bridgehead atoms. The highest BCUT2D eigenvalue weighted by Gasteiger charge is 2.10. The van der Waals surface area contributed by atoms with Crippen LogP contribution in [0, 0.1) is 20.8 Å². The molecule has 0 aliphatic carbocycles. The summed E-state index contributed by atoms with van der Waals surface area (Å²) in [5.74, 6) is 0.978. The Kier molecular flexibility index (Phi) is 10.4. The third-order valence-electron chi connectivity index (χ3n) is 7.52. The molecule has 3 aromatic heterocycles. The van der Waals surface area contributed by atoms with Gasteiger partial charge in [-0.2, -0.15) is 0 Å². The molecule has 0 atom stereocenters. The molecule has 0 amide bonds. The number of rotatable bonds is 9. The van der Waals surface area contributed by atoms with E-state index in [1.807, 2.05) is 69.6 Å². The summed E-state index contributed by atoms with van der Waals surface area (Å²) in [5.41, 5.74) is 15.2. The second-order valence-corrected chi connectivity index (χ2v) is 10.9. The molecule has 10 nitrogen and oxygen atoms in total. The zero-order valence-electron chi connectivity index (χ0n) is 26.6. The van der Waals surface area contributed by atoms with Gasteiger partial charge in [-0.3, -0.25) is 9.59 Å². The van der Waals surface area contributed by atoms with Crippen molar-refractivity contribution in [2.45, 2.75) is 27.3 Å². The second kappa shape index (κ2) is 14.2. The zero-order valence-corrected chi connectivity index (χ0v) is 26.6. The molecule has 5 rings (SSSR count). The normalized spacial score (nSPS) is 11.0. The molecule has 0 spiro atoms. The van der Waals surface area contributed by atoms with Crippen LogP contribution in [0.2, 0.25) is 0 Å². The van der Waals surface area contributed by atoms with Gasteiger partial charge in [-0.1, -0.05) is 12.1 Å². The van der Waals surface area contributed by atoms with Crippen LogP contribution in [0.1, 0.15) is 17.0 Å². The zero-order chi connectivity index (χ0) is 32.0. The van der Waals surface area contributed by atoms with Gasteiger partial charge in [0.25, 0.3) is 11.1 Å². The number of aromatic nitrogens is 4. The van der Waals surface area contributed by atoms with Crippen molar-refractivity contribution in [3.05, 3.63) is 98.6 Å². The van der Waals surface area contributed by atoms with Gasteiger partial charge in [0, 0.05) is 64.9 Å². The van der Waals surface area contributed by atoms with Crippen LogP contribution in [0.4, 0.5) is 11.4 Å². The lowest BCUT2D eigenvalue weighted by Crippen LogP contribution is -2.18. The lowest BCUT2D eigenvalue weighted by Gasteiger charge is -2.12. The van der Waals surface area contributed by atoms with Gasteiger partial charge in [-0.05, 0) is 79.4 Å². The summed E-state index contributed by atoms with van der Waals surface area (Å²) in [6.07, 6.45) is 3.71. The molecule has 5 aromatic rings. The van der Waals surface area contributed by atoms with Crippen LogP contribution in [0.25, 0.3) is 33.3 Å². The molecule has 0 aliphatic rings. The van der Waals surface area contributed by atoms with Gasteiger partial charge in [-0.25, -0.2) is 4.98 Å². The maximum absolute atomic E-state index is 11.9. The number of pyridine rings is 2. The summed E-state index contributed by atoms with van der Waals surface area (Å²) in [6, 6.07) is 15.9. The number of imidazole rings is 1. The molecule has 10 heteroatoms. The van der Waals surface area contributed by atoms with Crippen molar-refractivity contribution in [1.82, 2.24) is 18.7 Å². The van der Waals surface area contributed by atoms with E-state index in [2.05, 4.69) is 27.0 Å². The number of methoxy groups -OCH3 is 2. The molecule has 3 N–H and O–H groups in total. The highest BCUT2D eigenvalue weighted by molar-refractivity contribution is 5.82. The van der Waals surface area contributed by atoms with E-state index >= 15 is 0 Å². The summed E-state index contributed by atoms with van der Waals surface area (Å²) < 4.78 is 15.6. The van der Waals surface area contributed by atoms with Crippen molar-refractivity contribution in [2.75, 3.05) is 45.0 Å². The van der Waals surface area contributed by atoms with Crippen LogP contribution < -0.4 is 22.2 Å². The van der Waals surface area contributed by atoms with E-state index in [9.17, 15) is 9.59 Å². The average molecular weight is 599 g/mol. The molecule has 2 aromatic carbocycles. The first-order chi connectivity index (χ1) is 21.0. The van der Waals surface area contributed by atoms with Crippen molar-refractivity contribution in [1.29, 1.82) is 0 Å². The average Bonchev–Trinajstić information content (AvgIpc) is 3.32. The lowest BCUT2D eigenvalue weighted by molar-refractivity contribution is 0.187. The Morgan fingerprint density at radius 3 is 1.91 bits per heavy atom. The number of aryl methyl sites for hydroxylation is 5. The van der Waals surface area contributed by atoms with Crippen molar-refractivity contribution in [3.63, 3.8) is 0 Å². The first-order valence-corrected chi connectivity index (χ1v) is 14.5. The maximum Gasteiger partial charge on any atom is 0.253 e. The number of nitrogens with one attached hydrogen (secondary N) is 1. The number of ether oxygens (including phenoxy) is 2. The smallest absolute Gasteiger partial charge is 0.253 e. The Morgan fingerprint density at radius 1 is 0.773 bits per heavy atom. The van der Waals surface area contributed by atoms with Gasteiger partial charge in [0.1, 0.15) is 5.82 Å². The van der Waals surface area contributed by atoms with Crippen LogP contribution in [0.3, 0.4) is 0 Å². The van der Waals surface area contributed by atoms with Gasteiger partial charge in [-0.15, -0.1) is 0 Å². The largest absolute Gasteiger partial charge is 0.397 e. The van der Waals surface area contributed by atoms with E-state index in [-0.39, 0.29) is 11.1 Å². The number of fused-ring (bicyclic) bond motifs is 1. The van der Waals surface area contributed by atoms with Gasteiger partial charge in [0.2, 0.25) is 0 Å². The molecule has 0 radical (unpaired) electrons. The van der Waals surface area contributed by atoms with Crippen LogP contribution in [0.15, 0.2) is 70.5 Å². The number of nitrogen functional groups attached to an aromatic ring is 1. The molecule has 0 unspecified atom stereocenters. The lowest BCUT2D eigenvalue weighted by atomic mass is 10.0. The quantitative estimate of drug-likeness (QED) is 0.187. The Bertz CT molecular complexity index is 1830. The van der Waals surface area contributed by atoms with Crippen molar-refractivity contribution >= 4 is 22.4 Å². The van der Waals surface area contributed by atoms with Gasteiger partial charge >= 0.3 is 0 Å². The van der Waals surface area contributed by atoms with Crippen LogP contribution in [0.5, 0.6) is 0 Å². The topological polar surface area (TPSA) is 118 Å². The van der Waals surface area contributed by atoms with Crippen molar-refractivity contribution in [2.24, 2.45) is 14.1 Å². The first kappa shape index (κ1) is 32.2. The second-order valence-electron chi connectivity index (χ2n) is 10.9. The Hall–Kier alpha value is -4.67. The van der Waals surface area contributed by atoms with E-state index in [1.165, 1.54) is 0 Å². The van der Waals surface area contributed by atoms with Crippen LogP contribution in [-0.4, -0.2) is 52.7 Å². The van der Waals surface area contributed by atoms with Crippen molar-refractivity contribution in [3.8, 4) is 22.3 Å². The number of anilines is 2. The van der Waals surface area contributed by atoms with Crippen LogP contribution >= 0.6 is 0 Å². The highest BCUT2D eigenvalue weighted by atomic mass is 16.5. The molecule has 232 valence electrons. The van der Waals surface area contributed by atoms with Gasteiger partial charge in [0.05, 0.1) is 35.6 Å². The third kappa shape index (κ3) is 7.27. The molecule has 0 saturated heterocycles. The SMILES string of the molecule is COCCNc1cc(-c2cc(C)c(=O)n(C)c2)ccc1N.COCCn1c(C)nc2ccc(-c3cc(C)c(=O)n(C)c3)cc21. The number of hydrogen-bond donors (Lipinski definition) is 2. The maximum atomic E-state index is 11.9. The molecular formula is C34H42N6O4. The van der Waals surface area contributed by atoms with E-state index in [0.29, 0.717) is 25.4 Å². The van der Waals surface area contributed by atoms with Crippen molar-refractivity contribution < 1.29 is 9.47 Å². The van der Waals surface area contributed by atoms with Gasteiger partial charge < -0.3 is 34.2 Å². The molecule has 0 aliphatic heterocycles. The van der Waals surface area contributed by atoms with E-state index in [1.54, 1.807) is 37.4 Å². The fourth-order valence-corrected chi connectivity index (χ4v) is 5.14. The molecule has 44 heavy (non-hydrogen) atoms. The minimum Gasteiger partial charge on any atom is -0.397 e. The number of hydrogen-bond acceptors (Lipinski definition) is 7. The predicted molar refractivity (Wildman–Crippen MR) is 178 cm³/mol. The Balaban J connectivity index is 0.000000202. The molecular weight excluding hydrogens is 556 g/mol. The molecule has 3 heterocycles. The molecule has 0 saturated carbocycles. The highest BCUT2D eigenvalue weighted by Crippen LogP contribution is 2.27. The number of nitrogens with two attached hydrogens (primary N) is 1. The van der Waals surface area contributed by atoms with E-state index in [0.717, 1.165) is 62.5 Å². The standard InChI is InChI=1S/C18H21N3O2.C16H21N3O2/c1-12-9-15(11-20(3)18(12)22)14-5-6-16-17(10-14)21(7-8-23-4)13(2)19-16;1-11-8-13(10-19(2)16(11)20)12-4-5-14(17)15(9-12)18-6-7-21-3/h5-6,9-11H,7-8H2,1-4H3;4-5,8-10,18H,6-7,17H2,1-3H3. The minimum atomic E-state index is 0.0210. The fourth-order valence-electron chi connectivity index (χ4n) is 5.14. The Labute approximate surface area is 257 Å². The monoisotopic (exact) mass is 598 g/mol. The fraction of sp³-hybridized carbons (Fsp3) is 0.324. The predicted octanol–water partition coefficient (Wildman–Crippen LogP) is 4.67. The van der Waals surface area contributed by atoms with E-state index in [4.69, 9.17) is 15.2 Å².